The fourth-order valence-corrected chi connectivity index (χ4v) is 3.36. The highest BCUT2D eigenvalue weighted by Crippen LogP contribution is 2.44. The van der Waals surface area contributed by atoms with Gasteiger partial charge >= 0.3 is 0 Å². The molecule has 1 aromatic rings. The monoisotopic (exact) mass is 246 g/mol. The quantitative estimate of drug-likeness (QED) is 0.762. The molecule has 0 N–H and O–H groups in total. The van der Waals surface area contributed by atoms with Crippen molar-refractivity contribution in [3.05, 3.63) is 29.3 Å². The van der Waals surface area contributed by atoms with Crippen LogP contribution in [0.3, 0.4) is 0 Å². The molecule has 3 heteroatoms. The van der Waals surface area contributed by atoms with Crippen LogP contribution in [0.25, 0.3) is 0 Å². The number of benzene rings is 1. The average Bonchev–Trinajstić information content (AvgIpc) is 2.44. The van der Waals surface area contributed by atoms with Gasteiger partial charge in [0, 0.05) is 19.6 Å². The summed E-state index contributed by atoms with van der Waals surface area (Å²) in [7, 11) is 1.70. The summed E-state index contributed by atoms with van der Waals surface area (Å²) < 4.78 is 10.9. The van der Waals surface area contributed by atoms with E-state index in [9.17, 15) is 4.79 Å². The standard InChI is InChI=1S/C15H18O3/c1-17-13-4-2-3-12-11(13)5-6-14(16)15(12)7-9-18-10-8-15/h2-4H,5-10H2,1H3. The van der Waals surface area contributed by atoms with Crippen molar-refractivity contribution in [1.82, 2.24) is 0 Å². The molecule has 18 heavy (non-hydrogen) atoms. The second kappa shape index (κ2) is 4.39. The van der Waals surface area contributed by atoms with E-state index >= 15 is 0 Å². The number of Topliss-reactive ketones (excluding diaryl/α,β-unsaturated/α-hetero) is 1. The molecule has 0 aromatic heterocycles. The Morgan fingerprint density at radius 3 is 2.72 bits per heavy atom. The van der Waals surface area contributed by atoms with Gasteiger partial charge in [-0.3, -0.25) is 4.79 Å². The normalized spacial score (nSPS) is 21.7. The van der Waals surface area contributed by atoms with Crippen molar-refractivity contribution in [2.75, 3.05) is 20.3 Å². The Hall–Kier alpha value is -1.35. The smallest absolute Gasteiger partial charge is 0.143 e. The molecule has 3 rings (SSSR count). The number of hydrogen-bond donors (Lipinski definition) is 0. The molecule has 0 atom stereocenters. The molecule has 1 fully saturated rings. The zero-order valence-electron chi connectivity index (χ0n) is 10.7. The first kappa shape index (κ1) is 11.7. The predicted octanol–water partition coefficient (Wildman–Crippen LogP) is 2.26. The third kappa shape index (κ3) is 1.57. The van der Waals surface area contributed by atoms with E-state index in [0.717, 1.165) is 25.0 Å². The van der Waals surface area contributed by atoms with E-state index < -0.39 is 0 Å². The minimum absolute atomic E-state index is 0.305. The maximum atomic E-state index is 12.4. The number of fused-ring (bicyclic) bond motifs is 2. The number of carbonyl (C=O) groups excluding carboxylic acids is 1. The summed E-state index contributed by atoms with van der Waals surface area (Å²) in [5.74, 6) is 1.30. The van der Waals surface area contributed by atoms with E-state index in [-0.39, 0.29) is 5.41 Å². The minimum Gasteiger partial charge on any atom is -0.496 e. The van der Waals surface area contributed by atoms with Gasteiger partial charge in [0.15, 0.2) is 0 Å². The summed E-state index contributed by atoms with van der Waals surface area (Å²) in [5.41, 5.74) is 2.10. The Balaban J connectivity index is 2.14. The van der Waals surface area contributed by atoms with E-state index in [4.69, 9.17) is 9.47 Å². The van der Waals surface area contributed by atoms with E-state index in [1.807, 2.05) is 12.1 Å². The molecule has 3 nitrogen and oxygen atoms in total. The van der Waals surface area contributed by atoms with Gasteiger partial charge in [0.1, 0.15) is 11.5 Å². The maximum absolute atomic E-state index is 12.4. The summed E-state index contributed by atoms with van der Waals surface area (Å²) in [5, 5.41) is 0. The van der Waals surface area contributed by atoms with E-state index in [1.54, 1.807) is 7.11 Å². The minimum atomic E-state index is -0.305. The largest absolute Gasteiger partial charge is 0.496 e. The lowest BCUT2D eigenvalue weighted by Gasteiger charge is -2.40. The van der Waals surface area contributed by atoms with Crippen LogP contribution in [0.1, 0.15) is 30.4 Å². The summed E-state index contributed by atoms with van der Waals surface area (Å²) >= 11 is 0. The van der Waals surface area contributed by atoms with Crippen molar-refractivity contribution < 1.29 is 14.3 Å². The van der Waals surface area contributed by atoms with Gasteiger partial charge in [0.05, 0.1) is 12.5 Å². The molecule has 1 aromatic carbocycles. The fraction of sp³-hybridized carbons (Fsp3) is 0.533. The van der Waals surface area contributed by atoms with Crippen LogP contribution in [-0.4, -0.2) is 26.1 Å². The van der Waals surface area contributed by atoms with Crippen LogP contribution in [0.4, 0.5) is 0 Å². The number of ether oxygens (including phenoxy) is 2. The second-order valence-electron chi connectivity index (χ2n) is 5.10. The van der Waals surface area contributed by atoms with E-state index in [1.165, 1.54) is 11.1 Å². The molecule has 1 heterocycles. The fourth-order valence-electron chi connectivity index (χ4n) is 3.36. The number of ketones is 1. The molecule has 0 bridgehead atoms. The van der Waals surface area contributed by atoms with Gasteiger partial charge in [-0.2, -0.15) is 0 Å². The van der Waals surface area contributed by atoms with Gasteiger partial charge in [-0.25, -0.2) is 0 Å². The van der Waals surface area contributed by atoms with Crippen LogP contribution in [-0.2, 0) is 21.4 Å². The molecule has 0 unspecified atom stereocenters. The average molecular weight is 246 g/mol. The Kier molecular flexibility index (Phi) is 2.86. The third-order valence-electron chi connectivity index (χ3n) is 4.35. The van der Waals surface area contributed by atoms with E-state index in [2.05, 4.69) is 6.07 Å². The Morgan fingerprint density at radius 2 is 2.00 bits per heavy atom. The molecule has 1 aliphatic carbocycles. The molecule has 0 saturated carbocycles. The SMILES string of the molecule is COc1cccc2c1CCC(=O)C21CCOCC1. The zero-order valence-corrected chi connectivity index (χ0v) is 10.7. The number of rotatable bonds is 1. The van der Waals surface area contributed by atoms with Crippen molar-refractivity contribution in [3.63, 3.8) is 0 Å². The van der Waals surface area contributed by atoms with Crippen molar-refractivity contribution in [1.29, 1.82) is 0 Å². The van der Waals surface area contributed by atoms with Crippen LogP contribution in [0, 0.1) is 0 Å². The van der Waals surface area contributed by atoms with Crippen molar-refractivity contribution in [2.45, 2.75) is 31.1 Å². The molecule has 2 aliphatic rings. The third-order valence-corrected chi connectivity index (χ3v) is 4.35. The van der Waals surface area contributed by atoms with Gasteiger partial charge in [-0.1, -0.05) is 12.1 Å². The van der Waals surface area contributed by atoms with Gasteiger partial charge in [-0.15, -0.1) is 0 Å². The molecule has 1 spiro atoms. The first-order valence-electron chi connectivity index (χ1n) is 6.55. The number of hydrogen-bond acceptors (Lipinski definition) is 3. The maximum Gasteiger partial charge on any atom is 0.143 e. The van der Waals surface area contributed by atoms with Crippen molar-refractivity contribution >= 4 is 5.78 Å². The summed E-state index contributed by atoms with van der Waals surface area (Å²) in [6.45, 7) is 1.37. The van der Waals surface area contributed by atoms with Crippen LogP contribution < -0.4 is 4.74 Å². The van der Waals surface area contributed by atoms with Crippen LogP contribution >= 0.6 is 0 Å². The topological polar surface area (TPSA) is 35.5 Å². The summed E-state index contributed by atoms with van der Waals surface area (Å²) in [6, 6.07) is 6.08. The molecule has 1 saturated heterocycles. The number of methoxy groups -OCH3 is 1. The Morgan fingerprint density at radius 1 is 1.22 bits per heavy atom. The van der Waals surface area contributed by atoms with Gasteiger partial charge in [0.25, 0.3) is 0 Å². The zero-order chi connectivity index (χ0) is 12.6. The highest BCUT2D eigenvalue weighted by atomic mass is 16.5. The lowest BCUT2D eigenvalue weighted by atomic mass is 9.64. The lowest BCUT2D eigenvalue weighted by Crippen LogP contribution is -2.44. The molecule has 0 radical (unpaired) electrons. The van der Waals surface area contributed by atoms with Crippen molar-refractivity contribution in [3.8, 4) is 5.75 Å². The molecule has 96 valence electrons. The van der Waals surface area contributed by atoms with Gasteiger partial charge in [-0.05, 0) is 36.5 Å². The second-order valence-corrected chi connectivity index (χ2v) is 5.10. The highest BCUT2D eigenvalue weighted by Gasteiger charge is 2.45. The van der Waals surface area contributed by atoms with Crippen molar-refractivity contribution in [2.24, 2.45) is 0 Å². The molecular formula is C15H18O3. The van der Waals surface area contributed by atoms with Crippen LogP contribution in [0.5, 0.6) is 5.75 Å². The Labute approximate surface area is 107 Å². The molecule has 0 amide bonds. The summed E-state index contributed by atoms with van der Waals surface area (Å²) in [6.07, 6.45) is 3.06. The lowest BCUT2D eigenvalue weighted by molar-refractivity contribution is -0.129. The van der Waals surface area contributed by atoms with Gasteiger partial charge < -0.3 is 9.47 Å². The van der Waals surface area contributed by atoms with Gasteiger partial charge in [0.2, 0.25) is 0 Å². The number of carbonyl (C=O) groups is 1. The summed E-state index contributed by atoms with van der Waals surface area (Å²) in [4.78, 5) is 12.4. The van der Waals surface area contributed by atoms with E-state index in [0.29, 0.717) is 25.4 Å². The first-order valence-corrected chi connectivity index (χ1v) is 6.55. The molecule has 1 aliphatic heterocycles. The van der Waals surface area contributed by atoms with Crippen LogP contribution in [0.15, 0.2) is 18.2 Å². The molecular weight excluding hydrogens is 228 g/mol. The predicted molar refractivity (Wildman–Crippen MR) is 68.1 cm³/mol. The first-order chi connectivity index (χ1) is 8.78. The Bertz CT molecular complexity index is 473. The highest BCUT2D eigenvalue weighted by molar-refractivity contribution is 5.92. The van der Waals surface area contributed by atoms with Crippen LogP contribution in [0.2, 0.25) is 0 Å².